The predicted octanol–water partition coefficient (Wildman–Crippen LogP) is 0.868. The van der Waals surface area contributed by atoms with Crippen molar-refractivity contribution in [1.82, 2.24) is 20.1 Å². The van der Waals surface area contributed by atoms with E-state index in [0.29, 0.717) is 18.4 Å². The van der Waals surface area contributed by atoms with Crippen LogP contribution in [0.3, 0.4) is 0 Å². The predicted molar refractivity (Wildman–Crippen MR) is 81.7 cm³/mol. The molecular weight excluding hydrogens is 264 g/mol. The van der Waals surface area contributed by atoms with Crippen LogP contribution in [0.15, 0.2) is 24.5 Å². The van der Waals surface area contributed by atoms with E-state index in [4.69, 9.17) is 0 Å². The Bertz CT molecular complexity index is 451. The van der Waals surface area contributed by atoms with Crippen LogP contribution in [0.25, 0.3) is 0 Å². The Hall–Kier alpha value is -1.46. The summed E-state index contributed by atoms with van der Waals surface area (Å²) in [7, 11) is 0. The van der Waals surface area contributed by atoms with Crippen molar-refractivity contribution in [3.8, 4) is 0 Å². The second-order valence-electron chi connectivity index (χ2n) is 6.01. The second-order valence-corrected chi connectivity index (χ2v) is 6.01. The minimum Gasteiger partial charge on any atom is -0.340 e. The molecule has 0 saturated carbocycles. The van der Waals surface area contributed by atoms with Gasteiger partial charge in [0.05, 0.1) is 0 Å². The first-order valence-electron chi connectivity index (χ1n) is 7.94. The molecule has 1 amide bonds. The fourth-order valence-corrected chi connectivity index (χ4v) is 3.17. The van der Waals surface area contributed by atoms with Gasteiger partial charge in [-0.15, -0.1) is 0 Å². The molecule has 21 heavy (non-hydrogen) atoms. The van der Waals surface area contributed by atoms with E-state index in [2.05, 4.69) is 27.3 Å². The highest BCUT2D eigenvalue weighted by atomic mass is 16.2. The average molecular weight is 288 g/mol. The summed E-state index contributed by atoms with van der Waals surface area (Å²) in [6.45, 7) is 5.66. The number of rotatable bonds is 4. The molecule has 1 aromatic rings. The molecule has 1 atom stereocenters. The van der Waals surface area contributed by atoms with E-state index < -0.39 is 0 Å². The number of carbonyl (C=O) groups excluding carboxylic acids is 1. The first-order chi connectivity index (χ1) is 10.3. The van der Waals surface area contributed by atoms with Crippen molar-refractivity contribution < 1.29 is 4.79 Å². The minimum absolute atomic E-state index is 0.318. The summed E-state index contributed by atoms with van der Waals surface area (Å²) in [6, 6.07) is 4.53. The molecule has 5 heteroatoms. The first-order valence-corrected chi connectivity index (χ1v) is 7.94. The van der Waals surface area contributed by atoms with E-state index in [9.17, 15) is 4.79 Å². The van der Waals surface area contributed by atoms with Gasteiger partial charge in [0.2, 0.25) is 5.91 Å². The summed E-state index contributed by atoms with van der Waals surface area (Å²) in [5.41, 5.74) is 1.29. The second kappa shape index (κ2) is 7.00. The third-order valence-corrected chi connectivity index (χ3v) is 4.46. The Labute approximate surface area is 126 Å². The maximum atomic E-state index is 12.3. The molecule has 0 radical (unpaired) electrons. The summed E-state index contributed by atoms with van der Waals surface area (Å²) < 4.78 is 0. The molecule has 0 aliphatic carbocycles. The number of aromatic nitrogens is 1. The molecule has 0 bridgehead atoms. The number of nitrogens with one attached hydrogen (secondary N) is 1. The SMILES string of the molecule is O=C(CC1CCCN1)N1CCN(Cc2ccncc2)CC1. The maximum absolute atomic E-state index is 12.3. The van der Waals surface area contributed by atoms with Gasteiger partial charge < -0.3 is 10.2 Å². The molecule has 0 spiro atoms. The van der Waals surface area contributed by atoms with Gasteiger partial charge in [-0.25, -0.2) is 0 Å². The van der Waals surface area contributed by atoms with Crippen molar-refractivity contribution in [3.05, 3.63) is 30.1 Å². The number of hydrogen-bond acceptors (Lipinski definition) is 4. The highest BCUT2D eigenvalue weighted by Crippen LogP contribution is 2.13. The third kappa shape index (κ3) is 4.02. The van der Waals surface area contributed by atoms with Crippen LogP contribution < -0.4 is 5.32 Å². The van der Waals surface area contributed by atoms with Gasteiger partial charge in [-0.05, 0) is 37.1 Å². The Kier molecular flexibility index (Phi) is 4.83. The van der Waals surface area contributed by atoms with Gasteiger partial charge in [-0.3, -0.25) is 14.7 Å². The molecule has 2 aliphatic rings. The largest absolute Gasteiger partial charge is 0.340 e. The zero-order valence-corrected chi connectivity index (χ0v) is 12.5. The van der Waals surface area contributed by atoms with E-state index in [0.717, 1.165) is 45.7 Å². The van der Waals surface area contributed by atoms with Gasteiger partial charge >= 0.3 is 0 Å². The zero-order valence-electron chi connectivity index (χ0n) is 12.5. The molecular formula is C16H24N4O. The van der Waals surface area contributed by atoms with Gasteiger partial charge in [0.15, 0.2) is 0 Å². The summed E-state index contributed by atoms with van der Waals surface area (Å²) in [6.07, 6.45) is 6.70. The summed E-state index contributed by atoms with van der Waals surface area (Å²) in [4.78, 5) is 20.8. The van der Waals surface area contributed by atoms with Gasteiger partial charge in [0.1, 0.15) is 0 Å². The van der Waals surface area contributed by atoms with Crippen molar-refractivity contribution in [2.75, 3.05) is 32.7 Å². The van der Waals surface area contributed by atoms with Gasteiger partial charge in [0.25, 0.3) is 0 Å². The topological polar surface area (TPSA) is 48.5 Å². The van der Waals surface area contributed by atoms with Crippen molar-refractivity contribution in [2.24, 2.45) is 0 Å². The van der Waals surface area contributed by atoms with Crippen LogP contribution in [0, 0.1) is 0 Å². The standard InChI is InChI=1S/C16H24N4O/c21-16(12-15-2-1-5-18-15)20-10-8-19(9-11-20)13-14-3-6-17-7-4-14/h3-4,6-7,15,18H,1-2,5,8-13H2. The van der Waals surface area contributed by atoms with Crippen LogP contribution in [0.4, 0.5) is 0 Å². The van der Waals surface area contributed by atoms with Crippen molar-refractivity contribution in [1.29, 1.82) is 0 Å². The molecule has 0 aromatic carbocycles. The molecule has 2 saturated heterocycles. The Morgan fingerprint density at radius 1 is 1.24 bits per heavy atom. The lowest BCUT2D eigenvalue weighted by atomic mass is 10.1. The van der Waals surface area contributed by atoms with E-state index >= 15 is 0 Å². The number of amides is 1. The lowest BCUT2D eigenvalue weighted by molar-refractivity contribution is -0.133. The summed E-state index contributed by atoms with van der Waals surface area (Å²) in [5.74, 6) is 0.318. The third-order valence-electron chi connectivity index (χ3n) is 4.46. The van der Waals surface area contributed by atoms with Crippen LogP contribution in [0.5, 0.6) is 0 Å². The average Bonchev–Trinajstić information content (AvgIpc) is 3.02. The molecule has 3 heterocycles. The summed E-state index contributed by atoms with van der Waals surface area (Å²) in [5, 5.41) is 3.40. The fourth-order valence-electron chi connectivity index (χ4n) is 3.17. The lowest BCUT2D eigenvalue weighted by Gasteiger charge is -2.35. The number of pyridine rings is 1. The summed E-state index contributed by atoms with van der Waals surface area (Å²) >= 11 is 0. The van der Waals surface area contributed by atoms with Crippen LogP contribution in [0.2, 0.25) is 0 Å². The van der Waals surface area contributed by atoms with Crippen molar-refractivity contribution >= 4 is 5.91 Å². The van der Waals surface area contributed by atoms with E-state index in [1.54, 1.807) is 0 Å². The first kappa shape index (κ1) is 14.5. The fraction of sp³-hybridized carbons (Fsp3) is 0.625. The van der Waals surface area contributed by atoms with Crippen molar-refractivity contribution in [2.45, 2.75) is 31.8 Å². The van der Waals surface area contributed by atoms with Gasteiger partial charge in [-0.2, -0.15) is 0 Å². The molecule has 5 nitrogen and oxygen atoms in total. The lowest BCUT2D eigenvalue weighted by Crippen LogP contribution is -2.49. The molecule has 1 unspecified atom stereocenters. The Balaban J connectivity index is 1.43. The van der Waals surface area contributed by atoms with Crippen molar-refractivity contribution in [3.63, 3.8) is 0 Å². The highest BCUT2D eigenvalue weighted by Gasteiger charge is 2.24. The normalized spacial score (nSPS) is 23.4. The van der Waals surface area contributed by atoms with E-state index in [1.807, 2.05) is 17.3 Å². The monoisotopic (exact) mass is 288 g/mol. The zero-order chi connectivity index (χ0) is 14.5. The van der Waals surface area contributed by atoms with Crippen LogP contribution in [-0.4, -0.2) is 59.5 Å². The van der Waals surface area contributed by atoms with E-state index in [-0.39, 0.29) is 0 Å². The van der Waals surface area contributed by atoms with Crippen LogP contribution in [0.1, 0.15) is 24.8 Å². The molecule has 3 rings (SSSR count). The molecule has 1 aromatic heterocycles. The number of carbonyl (C=O) groups is 1. The van der Waals surface area contributed by atoms with E-state index in [1.165, 1.54) is 12.0 Å². The van der Waals surface area contributed by atoms with Gasteiger partial charge in [0, 0.05) is 57.6 Å². The van der Waals surface area contributed by atoms with Gasteiger partial charge in [-0.1, -0.05) is 0 Å². The van der Waals surface area contributed by atoms with Crippen LogP contribution >= 0.6 is 0 Å². The number of nitrogens with zero attached hydrogens (tertiary/aromatic N) is 3. The molecule has 2 aliphatic heterocycles. The number of hydrogen-bond donors (Lipinski definition) is 1. The number of piperazine rings is 1. The Morgan fingerprint density at radius 2 is 2.00 bits per heavy atom. The molecule has 2 fully saturated rings. The Morgan fingerprint density at radius 3 is 2.67 bits per heavy atom. The smallest absolute Gasteiger partial charge is 0.224 e. The quantitative estimate of drug-likeness (QED) is 0.893. The maximum Gasteiger partial charge on any atom is 0.224 e. The van der Waals surface area contributed by atoms with Crippen LogP contribution in [-0.2, 0) is 11.3 Å². The highest BCUT2D eigenvalue weighted by molar-refractivity contribution is 5.77. The minimum atomic E-state index is 0.318. The molecule has 1 N–H and O–H groups in total. The molecule has 114 valence electrons.